The van der Waals surface area contributed by atoms with Crippen LogP contribution in [0.3, 0.4) is 0 Å². The summed E-state index contributed by atoms with van der Waals surface area (Å²) in [5.74, 6) is 0.463. The Bertz CT molecular complexity index is 518. The maximum atomic E-state index is 12.0. The fourth-order valence-corrected chi connectivity index (χ4v) is 4.78. The number of aromatic nitrogens is 2. The van der Waals surface area contributed by atoms with Crippen LogP contribution in [0.5, 0.6) is 0 Å². The van der Waals surface area contributed by atoms with Crippen LogP contribution in [0.2, 0.25) is 0 Å². The molecule has 0 aliphatic heterocycles. The molecule has 130 valence electrons. The molecule has 23 heavy (non-hydrogen) atoms. The summed E-state index contributed by atoms with van der Waals surface area (Å²) in [6, 6.07) is 0.122. The predicted octanol–water partition coefficient (Wildman–Crippen LogP) is 2.50. The Morgan fingerprint density at radius 1 is 1.17 bits per heavy atom. The molecule has 0 saturated heterocycles. The van der Waals surface area contributed by atoms with Gasteiger partial charge in [-0.2, -0.15) is 0 Å². The van der Waals surface area contributed by atoms with Crippen molar-refractivity contribution in [2.75, 3.05) is 18.8 Å². The third-order valence-electron chi connectivity index (χ3n) is 2.90. The fraction of sp³-hybridized carbons (Fsp3) is 0.714. The number of carbonyl (C=O) groups excluding carboxylic acids is 2. The molecule has 0 aliphatic carbocycles. The van der Waals surface area contributed by atoms with Crippen LogP contribution in [0.4, 0.5) is 0 Å². The van der Waals surface area contributed by atoms with Crippen molar-refractivity contribution in [3.63, 3.8) is 0 Å². The summed E-state index contributed by atoms with van der Waals surface area (Å²) < 4.78 is 1.50. The maximum Gasteiger partial charge on any atom is 0.233 e. The number of nitrogens with zero attached hydrogens (tertiary/aromatic N) is 3. The van der Waals surface area contributed by atoms with Gasteiger partial charge in [0.05, 0.1) is 11.0 Å². The molecule has 9 heteroatoms. The first-order valence-electron chi connectivity index (χ1n) is 7.58. The van der Waals surface area contributed by atoms with E-state index in [9.17, 15) is 9.59 Å². The monoisotopic (exact) mass is 376 g/mol. The Morgan fingerprint density at radius 3 is 2.35 bits per heavy atom. The minimum atomic E-state index is -0.222. The second-order valence-corrected chi connectivity index (χ2v) is 8.90. The smallest absolute Gasteiger partial charge is 0.233 e. The second-order valence-electron chi connectivity index (χ2n) is 5.11. The average molecular weight is 377 g/mol. The van der Waals surface area contributed by atoms with Gasteiger partial charge in [-0.1, -0.05) is 34.9 Å². The quantitative estimate of drug-likeness (QED) is 0.668. The van der Waals surface area contributed by atoms with Crippen LogP contribution in [0, 0.1) is 0 Å². The zero-order chi connectivity index (χ0) is 17.4. The maximum absolute atomic E-state index is 12.0. The van der Waals surface area contributed by atoms with Gasteiger partial charge < -0.3 is 10.2 Å². The molecule has 6 nitrogen and oxygen atoms in total. The molecular weight excluding hydrogens is 352 g/mol. The van der Waals surface area contributed by atoms with Gasteiger partial charge in [0.15, 0.2) is 8.68 Å². The van der Waals surface area contributed by atoms with Gasteiger partial charge in [-0.3, -0.25) is 9.59 Å². The van der Waals surface area contributed by atoms with Gasteiger partial charge in [-0.25, -0.2) is 0 Å². The number of thioether (sulfide) groups is 2. The van der Waals surface area contributed by atoms with Crippen LogP contribution in [0.25, 0.3) is 0 Å². The Hall–Kier alpha value is -0.800. The molecule has 1 aromatic rings. The van der Waals surface area contributed by atoms with Gasteiger partial charge in [-0.15, -0.1) is 10.2 Å². The zero-order valence-corrected chi connectivity index (χ0v) is 16.6. The normalized spacial score (nSPS) is 12.3. The van der Waals surface area contributed by atoms with Crippen molar-refractivity contribution in [3.8, 4) is 0 Å². The number of rotatable bonds is 9. The molecule has 0 aliphatic rings. The lowest BCUT2D eigenvalue weighted by molar-refractivity contribution is -0.128. The van der Waals surface area contributed by atoms with Gasteiger partial charge >= 0.3 is 0 Å². The molecule has 0 saturated carbocycles. The van der Waals surface area contributed by atoms with Crippen LogP contribution < -0.4 is 5.32 Å². The van der Waals surface area contributed by atoms with Crippen LogP contribution in [-0.4, -0.2) is 57.0 Å². The molecule has 0 fully saturated rings. The molecule has 0 aromatic carbocycles. The van der Waals surface area contributed by atoms with Gasteiger partial charge in [0.25, 0.3) is 0 Å². The van der Waals surface area contributed by atoms with E-state index >= 15 is 0 Å². The highest BCUT2D eigenvalue weighted by Gasteiger charge is 2.18. The molecule has 1 atom stereocenters. The first-order valence-corrected chi connectivity index (χ1v) is 10.3. The minimum absolute atomic E-state index is 0.00823. The van der Waals surface area contributed by atoms with E-state index in [-0.39, 0.29) is 23.1 Å². The minimum Gasteiger partial charge on any atom is -0.353 e. The van der Waals surface area contributed by atoms with Crippen molar-refractivity contribution in [2.24, 2.45) is 0 Å². The largest absolute Gasteiger partial charge is 0.353 e. The molecule has 2 amide bonds. The summed E-state index contributed by atoms with van der Waals surface area (Å²) in [7, 11) is 0. The third kappa shape index (κ3) is 7.09. The van der Waals surface area contributed by atoms with E-state index in [4.69, 9.17) is 0 Å². The van der Waals surface area contributed by atoms with Crippen molar-refractivity contribution in [1.29, 1.82) is 0 Å². The average Bonchev–Trinajstić information content (AvgIpc) is 2.93. The SMILES string of the molecule is CCN(CC)C(=O)CSc1nnc(S[C@H](C)C(=O)NC(C)C)s1. The first kappa shape index (κ1) is 20.2. The number of carbonyl (C=O) groups is 2. The van der Waals surface area contributed by atoms with Gasteiger partial charge in [0.1, 0.15) is 0 Å². The summed E-state index contributed by atoms with van der Waals surface area (Å²) in [5.41, 5.74) is 0. The van der Waals surface area contributed by atoms with E-state index in [2.05, 4.69) is 15.5 Å². The summed E-state index contributed by atoms with van der Waals surface area (Å²) >= 11 is 4.20. The van der Waals surface area contributed by atoms with Gasteiger partial charge in [-0.05, 0) is 34.6 Å². The summed E-state index contributed by atoms with van der Waals surface area (Å²) in [4.78, 5) is 25.6. The topological polar surface area (TPSA) is 75.2 Å². The van der Waals surface area contributed by atoms with E-state index in [1.54, 1.807) is 4.90 Å². The van der Waals surface area contributed by atoms with Crippen molar-refractivity contribution < 1.29 is 9.59 Å². The second kappa shape index (κ2) is 10.1. The number of nitrogens with one attached hydrogen (secondary N) is 1. The van der Waals surface area contributed by atoms with Crippen LogP contribution >= 0.6 is 34.9 Å². The molecule has 1 rings (SSSR count). The van der Waals surface area contributed by atoms with E-state index in [0.29, 0.717) is 5.75 Å². The van der Waals surface area contributed by atoms with E-state index in [0.717, 1.165) is 21.8 Å². The van der Waals surface area contributed by atoms with E-state index in [1.165, 1.54) is 34.9 Å². The molecule has 1 heterocycles. The molecule has 0 unspecified atom stereocenters. The fourth-order valence-electron chi connectivity index (χ4n) is 1.70. The lowest BCUT2D eigenvalue weighted by Gasteiger charge is -2.17. The Morgan fingerprint density at radius 2 is 1.78 bits per heavy atom. The molecule has 0 radical (unpaired) electrons. The number of hydrogen-bond donors (Lipinski definition) is 1. The van der Waals surface area contributed by atoms with Crippen molar-refractivity contribution in [3.05, 3.63) is 0 Å². The highest BCUT2D eigenvalue weighted by molar-refractivity contribution is 8.04. The van der Waals surface area contributed by atoms with Crippen LogP contribution in [0.15, 0.2) is 8.68 Å². The van der Waals surface area contributed by atoms with Crippen molar-refractivity contribution >= 4 is 46.7 Å². The lowest BCUT2D eigenvalue weighted by atomic mass is 10.3. The molecular formula is C14H24N4O2S3. The molecule has 1 aromatic heterocycles. The predicted molar refractivity (Wildman–Crippen MR) is 97.2 cm³/mol. The summed E-state index contributed by atoms with van der Waals surface area (Å²) in [6.07, 6.45) is 0. The van der Waals surface area contributed by atoms with Crippen molar-refractivity contribution in [1.82, 2.24) is 20.4 Å². The molecule has 0 spiro atoms. The number of amides is 2. The van der Waals surface area contributed by atoms with E-state index < -0.39 is 0 Å². The highest BCUT2D eigenvalue weighted by Crippen LogP contribution is 2.31. The summed E-state index contributed by atoms with van der Waals surface area (Å²) in [6.45, 7) is 11.1. The van der Waals surface area contributed by atoms with Gasteiger partial charge in [0.2, 0.25) is 11.8 Å². The summed E-state index contributed by atoms with van der Waals surface area (Å²) in [5, 5.41) is 10.8. The lowest BCUT2D eigenvalue weighted by Crippen LogP contribution is -2.35. The first-order chi connectivity index (χ1) is 10.9. The third-order valence-corrected chi connectivity index (χ3v) is 6.13. The molecule has 0 bridgehead atoms. The van der Waals surface area contributed by atoms with Crippen molar-refractivity contribution in [2.45, 2.75) is 54.6 Å². The Kier molecular flexibility index (Phi) is 8.93. The highest BCUT2D eigenvalue weighted by atomic mass is 32.2. The molecule has 1 N–H and O–H groups in total. The standard InChI is InChI=1S/C14H24N4O2S3/c1-6-18(7-2)11(19)8-21-13-16-17-14(23-13)22-10(5)12(20)15-9(3)4/h9-10H,6-8H2,1-5H3,(H,15,20)/t10-/m1/s1. The number of hydrogen-bond acceptors (Lipinski definition) is 7. The Labute approximate surface area is 150 Å². The van der Waals surface area contributed by atoms with Crippen LogP contribution in [0.1, 0.15) is 34.6 Å². The van der Waals surface area contributed by atoms with Gasteiger partial charge in [0, 0.05) is 19.1 Å². The van der Waals surface area contributed by atoms with Crippen LogP contribution in [-0.2, 0) is 9.59 Å². The van der Waals surface area contributed by atoms with E-state index in [1.807, 2.05) is 34.6 Å². The zero-order valence-electron chi connectivity index (χ0n) is 14.2. The Balaban J connectivity index is 2.48.